The number of carbonyl (C=O) groups excluding carboxylic acids is 2. The third-order valence-electron chi connectivity index (χ3n) is 4.27. The van der Waals surface area contributed by atoms with Crippen LogP contribution in [0.2, 0.25) is 0 Å². The number of hydrogen-bond donors (Lipinski definition) is 2. The van der Waals surface area contributed by atoms with E-state index in [9.17, 15) is 9.59 Å². The molecular weight excluding hydrogens is 270 g/mol. The van der Waals surface area contributed by atoms with Gasteiger partial charge >= 0.3 is 0 Å². The number of rotatable bonds is 2. The molecule has 0 unspecified atom stereocenters. The van der Waals surface area contributed by atoms with Gasteiger partial charge in [0.05, 0.1) is 24.5 Å². The summed E-state index contributed by atoms with van der Waals surface area (Å²) in [5, 5.41) is 0. The molecule has 0 aromatic carbocycles. The molecule has 7 heteroatoms. The normalized spacial score (nSPS) is 25.1. The number of nitrogens with zero attached hydrogens (tertiary/aromatic N) is 3. The topological polar surface area (TPSA) is 106 Å². The Morgan fingerprint density at radius 2 is 2.10 bits per heavy atom. The lowest BCUT2D eigenvalue weighted by atomic mass is 10.1. The van der Waals surface area contributed by atoms with Gasteiger partial charge in [0, 0.05) is 19.0 Å². The fourth-order valence-electron chi connectivity index (χ4n) is 3.28. The van der Waals surface area contributed by atoms with Crippen LogP contribution >= 0.6 is 0 Å². The van der Waals surface area contributed by atoms with E-state index in [-0.39, 0.29) is 30.4 Å². The second kappa shape index (κ2) is 5.33. The Hall–Kier alpha value is -2.15. The summed E-state index contributed by atoms with van der Waals surface area (Å²) in [6.07, 6.45) is 3.71. The van der Waals surface area contributed by atoms with Crippen LogP contribution in [0.5, 0.6) is 0 Å². The van der Waals surface area contributed by atoms with Crippen molar-refractivity contribution in [3.63, 3.8) is 0 Å². The van der Waals surface area contributed by atoms with Gasteiger partial charge in [0.25, 0.3) is 0 Å². The molecule has 21 heavy (non-hydrogen) atoms. The molecule has 2 atom stereocenters. The monoisotopic (exact) mass is 289 g/mol. The summed E-state index contributed by atoms with van der Waals surface area (Å²) < 4.78 is 0. The van der Waals surface area contributed by atoms with Crippen LogP contribution in [0.15, 0.2) is 18.3 Å². The number of fused-ring (bicyclic) bond motifs is 2. The highest BCUT2D eigenvalue weighted by Gasteiger charge is 2.42. The van der Waals surface area contributed by atoms with Crippen LogP contribution in [0.25, 0.3) is 0 Å². The van der Waals surface area contributed by atoms with E-state index in [1.807, 2.05) is 4.90 Å². The first-order valence-electron chi connectivity index (χ1n) is 7.13. The fraction of sp³-hybridized carbons (Fsp3) is 0.500. The zero-order valence-electron chi connectivity index (χ0n) is 11.7. The molecule has 2 bridgehead atoms. The van der Waals surface area contributed by atoms with Crippen molar-refractivity contribution in [2.24, 2.45) is 5.73 Å². The molecule has 7 nitrogen and oxygen atoms in total. The van der Waals surface area contributed by atoms with E-state index < -0.39 is 0 Å². The average molecular weight is 289 g/mol. The standard InChI is InChI=1S/C14H19N5O2/c15-6-14(21)19-9-1-2-11(19)8-18(13(20)5-9)10-3-4-12(16)17-7-10/h3-4,7,9,11H,1-2,5-6,8,15H2,(H2,16,17)/t9-,11+/m1/s1. The molecule has 0 spiro atoms. The third kappa shape index (κ3) is 2.44. The van der Waals surface area contributed by atoms with Gasteiger partial charge in [0.2, 0.25) is 11.8 Å². The summed E-state index contributed by atoms with van der Waals surface area (Å²) in [4.78, 5) is 32.0. The smallest absolute Gasteiger partial charge is 0.236 e. The van der Waals surface area contributed by atoms with Crippen molar-refractivity contribution in [3.8, 4) is 0 Å². The van der Waals surface area contributed by atoms with Gasteiger partial charge in [-0.05, 0) is 25.0 Å². The Bertz CT molecular complexity index is 559. The number of pyridine rings is 1. The Labute approximate surface area is 122 Å². The van der Waals surface area contributed by atoms with E-state index in [0.29, 0.717) is 18.8 Å². The minimum atomic E-state index is -0.0763. The summed E-state index contributed by atoms with van der Waals surface area (Å²) in [5.41, 5.74) is 11.8. The summed E-state index contributed by atoms with van der Waals surface area (Å²) in [6, 6.07) is 3.48. The van der Waals surface area contributed by atoms with Crippen molar-refractivity contribution in [2.75, 3.05) is 23.7 Å². The van der Waals surface area contributed by atoms with Gasteiger partial charge in [0.15, 0.2) is 0 Å². The molecule has 3 heterocycles. The first kappa shape index (κ1) is 13.8. The number of carbonyl (C=O) groups is 2. The van der Waals surface area contributed by atoms with Crippen LogP contribution in [-0.4, -0.2) is 46.9 Å². The van der Waals surface area contributed by atoms with Gasteiger partial charge in [-0.2, -0.15) is 0 Å². The molecule has 0 aliphatic carbocycles. The molecule has 0 radical (unpaired) electrons. The summed E-state index contributed by atoms with van der Waals surface area (Å²) in [7, 11) is 0. The molecule has 112 valence electrons. The van der Waals surface area contributed by atoms with Crippen LogP contribution in [-0.2, 0) is 9.59 Å². The zero-order chi connectivity index (χ0) is 15.0. The number of nitrogen functional groups attached to an aromatic ring is 1. The Morgan fingerprint density at radius 3 is 2.76 bits per heavy atom. The van der Waals surface area contributed by atoms with Gasteiger partial charge in [-0.15, -0.1) is 0 Å². The van der Waals surface area contributed by atoms with Gasteiger partial charge in [-0.3, -0.25) is 9.59 Å². The van der Waals surface area contributed by atoms with Crippen LogP contribution < -0.4 is 16.4 Å². The van der Waals surface area contributed by atoms with Gasteiger partial charge in [0.1, 0.15) is 5.82 Å². The first-order valence-corrected chi connectivity index (χ1v) is 7.13. The lowest BCUT2D eigenvalue weighted by Crippen LogP contribution is -2.45. The Balaban J connectivity index is 1.87. The Kier molecular flexibility index (Phi) is 3.50. The van der Waals surface area contributed by atoms with Crippen LogP contribution in [0.4, 0.5) is 11.5 Å². The van der Waals surface area contributed by atoms with Crippen molar-refractivity contribution in [3.05, 3.63) is 18.3 Å². The second-order valence-corrected chi connectivity index (χ2v) is 5.54. The molecule has 2 saturated heterocycles. The second-order valence-electron chi connectivity index (χ2n) is 5.54. The molecule has 2 fully saturated rings. The van der Waals surface area contributed by atoms with E-state index in [4.69, 9.17) is 11.5 Å². The maximum Gasteiger partial charge on any atom is 0.236 e. The van der Waals surface area contributed by atoms with E-state index in [2.05, 4.69) is 4.98 Å². The fourth-order valence-corrected chi connectivity index (χ4v) is 3.28. The van der Waals surface area contributed by atoms with Crippen molar-refractivity contribution >= 4 is 23.3 Å². The summed E-state index contributed by atoms with van der Waals surface area (Å²) in [6.45, 7) is 0.483. The predicted octanol–water partition coefficient (Wildman–Crippen LogP) is -0.281. The SMILES string of the molecule is NCC(=O)N1[C@@H]2CC[C@H]1CN(c1ccc(N)nc1)C(=O)C2. The highest BCUT2D eigenvalue weighted by atomic mass is 16.2. The zero-order valence-corrected chi connectivity index (χ0v) is 11.7. The van der Waals surface area contributed by atoms with Crippen molar-refractivity contribution in [2.45, 2.75) is 31.3 Å². The molecule has 3 rings (SSSR count). The number of amides is 2. The number of aromatic nitrogens is 1. The van der Waals surface area contributed by atoms with Gasteiger partial charge < -0.3 is 21.3 Å². The quantitative estimate of drug-likeness (QED) is 0.779. The first-order chi connectivity index (χ1) is 10.1. The molecule has 2 aliphatic heterocycles. The van der Waals surface area contributed by atoms with Crippen LogP contribution in [0.1, 0.15) is 19.3 Å². The number of hydrogen-bond acceptors (Lipinski definition) is 5. The van der Waals surface area contributed by atoms with E-state index >= 15 is 0 Å². The minimum absolute atomic E-state index is 0.00931. The van der Waals surface area contributed by atoms with E-state index in [1.54, 1.807) is 23.2 Å². The van der Waals surface area contributed by atoms with Gasteiger partial charge in [-0.25, -0.2) is 4.98 Å². The highest BCUT2D eigenvalue weighted by Crippen LogP contribution is 2.32. The molecule has 1 aromatic heterocycles. The van der Waals surface area contributed by atoms with Crippen molar-refractivity contribution in [1.29, 1.82) is 0 Å². The van der Waals surface area contributed by atoms with Crippen molar-refractivity contribution in [1.82, 2.24) is 9.88 Å². The molecule has 2 aliphatic rings. The third-order valence-corrected chi connectivity index (χ3v) is 4.27. The number of anilines is 2. The summed E-state index contributed by atoms with van der Waals surface area (Å²) in [5.74, 6) is 0.360. The molecule has 0 saturated carbocycles. The molecule has 4 N–H and O–H groups in total. The lowest BCUT2D eigenvalue weighted by molar-refractivity contribution is -0.132. The minimum Gasteiger partial charge on any atom is -0.384 e. The maximum atomic E-state index is 12.4. The lowest BCUT2D eigenvalue weighted by Gasteiger charge is -2.28. The highest BCUT2D eigenvalue weighted by molar-refractivity contribution is 5.95. The predicted molar refractivity (Wildman–Crippen MR) is 78.3 cm³/mol. The number of nitrogens with two attached hydrogens (primary N) is 2. The average Bonchev–Trinajstić information content (AvgIpc) is 2.80. The largest absolute Gasteiger partial charge is 0.384 e. The van der Waals surface area contributed by atoms with Crippen LogP contribution in [0, 0.1) is 0 Å². The molecule has 2 amide bonds. The van der Waals surface area contributed by atoms with E-state index in [1.165, 1.54) is 0 Å². The van der Waals surface area contributed by atoms with Crippen molar-refractivity contribution < 1.29 is 9.59 Å². The van der Waals surface area contributed by atoms with Gasteiger partial charge in [-0.1, -0.05) is 0 Å². The van der Waals surface area contributed by atoms with Crippen LogP contribution in [0.3, 0.4) is 0 Å². The summed E-state index contributed by atoms with van der Waals surface area (Å²) >= 11 is 0. The molecule has 1 aromatic rings. The maximum absolute atomic E-state index is 12.4. The van der Waals surface area contributed by atoms with E-state index in [0.717, 1.165) is 18.5 Å². The molecular formula is C14H19N5O2. The Morgan fingerprint density at radius 1 is 1.33 bits per heavy atom.